The molecule has 1 atom stereocenters. The molecule has 1 saturated heterocycles. The molecule has 26 heavy (non-hydrogen) atoms. The number of hydrogen-bond acceptors (Lipinski definition) is 4. The molecular formula is C17H21F2N3O4. The molecule has 2 rings (SSSR count). The van der Waals surface area contributed by atoms with E-state index < -0.39 is 42.1 Å². The average molecular weight is 369 g/mol. The number of hydrogen-bond donors (Lipinski definition) is 2. The Labute approximate surface area is 149 Å². The van der Waals surface area contributed by atoms with Crippen LogP contribution in [-0.2, 0) is 15.1 Å². The van der Waals surface area contributed by atoms with E-state index in [0.717, 1.165) is 4.90 Å². The van der Waals surface area contributed by atoms with Gasteiger partial charge in [-0.25, -0.2) is 4.79 Å². The third-order valence-electron chi connectivity index (χ3n) is 3.75. The molecule has 2 N–H and O–H groups in total. The Morgan fingerprint density at radius 3 is 2.35 bits per heavy atom. The SMILES string of the molecule is CC(C)(C)NC(=O)CN1C(=O)N[C@@](C)(c2ccc(OC(F)F)cc2)C1=O. The highest BCUT2D eigenvalue weighted by Crippen LogP contribution is 2.30. The van der Waals surface area contributed by atoms with E-state index in [2.05, 4.69) is 15.4 Å². The van der Waals surface area contributed by atoms with E-state index in [1.54, 1.807) is 20.8 Å². The van der Waals surface area contributed by atoms with Crippen LogP contribution in [0.5, 0.6) is 5.75 Å². The Kier molecular flexibility index (Phi) is 5.20. The van der Waals surface area contributed by atoms with Crippen molar-refractivity contribution in [3.63, 3.8) is 0 Å². The predicted molar refractivity (Wildman–Crippen MR) is 88.6 cm³/mol. The predicted octanol–water partition coefficient (Wildman–Crippen LogP) is 1.97. The van der Waals surface area contributed by atoms with E-state index >= 15 is 0 Å². The number of urea groups is 1. The summed E-state index contributed by atoms with van der Waals surface area (Å²) in [6, 6.07) is 4.68. The summed E-state index contributed by atoms with van der Waals surface area (Å²) in [6.45, 7) is 3.46. The summed E-state index contributed by atoms with van der Waals surface area (Å²) in [7, 11) is 0. The fraction of sp³-hybridized carbons (Fsp3) is 0.471. The minimum absolute atomic E-state index is 0.0643. The maximum atomic E-state index is 12.7. The molecule has 1 aromatic carbocycles. The number of nitrogens with one attached hydrogen (secondary N) is 2. The Hall–Kier alpha value is -2.71. The molecule has 0 spiro atoms. The van der Waals surface area contributed by atoms with Gasteiger partial charge in [0.15, 0.2) is 0 Å². The molecule has 1 heterocycles. The van der Waals surface area contributed by atoms with E-state index in [0.29, 0.717) is 5.56 Å². The number of carbonyl (C=O) groups excluding carboxylic acids is 3. The molecule has 1 aliphatic heterocycles. The van der Waals surface area contributed by atoms with Gasteiger partial charge in [-0.15, -0.1) is 0 Å². The lowest BCUT2D eigenvalue weighted by Crippen LogP contribution is -2.48. The molecule has 0 radical (unpaired) electrons. The molecular weight excluding hydrogens is 348 g/mol. The van der Waals surface area contributed by atoms with Gasteiger partial charge in [-0.2, -0.15) is 8.78 Å². The Bertz CT molecular complexity index is 716. The zero-order valence-corrected chi connectivity index (χ0v) is 14.9. The number of benzene rings is 1. The number of rotatable bonds is 5. The fourth-order valence-corrected chi connectivity index (χ4v) is 2.61. The lowest BCUT2D eigenvalue weighted by atomic mass is 9.92. The van der Waals surface area contributed by atoms with Crippen molar-refractivity contribution in [2.24, 2.45) is 0 Å². The molecule has 0 bridgehead atoms. The van der Waals surface area contributed by atoms with E-state index in [4.69, 9.17) is 0 Å². The molecule has 1 aliphatic rings. The third kappa shape index (κ3) is 4.27. The van der Waals surface area contributed by atoms with Gasteiger partial charge in [0.1, 0.15) is 17.8 Å². The number of halogens is 2. The third-order valence-corrected chi connectivity index (χ3v) is 3.75. The van der Waals surface area contributed by atoms with Gasteiger partial charge in [0.2, 0.25) is 5.91 Å². The molecule has 9 heteroatoms. The van der Waals surface area contributed by atoms with Gasteiger partial charge in [0, 0.05) is 5.54 Å². The standard InChI is InChI=1S/C17H21F2N3O4/c1-16(2,3)20-12(23)9-22-13(24)17(4,21-15(22)25)10-5-7-11(8-6-10)26-14(18)19/h5-8,14H,9H2,1-4H3,(H,20,23)(H,21,25)/t17-/m0/s1. The Morgan fingerprint density at radius 2 is 1.85 bits per heavy atom. The number of amides is 4. The molecule has 0 saturated carbocycles. The summed E-state index contributed by atoms with van der Waals surface area (Å²) in [5.41, 5.74) is -1.51. The average Bonchev–Trinajstić information content (AvgIpc) is 2.70. The van der Waals surface area contributed by atoms with Crippen LogP contribution in [0.4, 0.5) is 13.6 Å². The Balaban J connectivity index is 2.16. The first-order valence-electron chi connectivity index (χ1n) is 7.93. The first kappa shape index (κ1) is 19.6. The van der Waals surface area contributed by atoms with Crippen LogP contribution in [0.25, 0.3) is 0 Å². The zero-order valence-electron chi connectivity index (χ0n) is 14.9. The molecule has 1 fully saturated rings. The molecule has 1 aromatic rings. The van der Waals surface area contributed by atoms with Crippen LogP contribution >= 0.6 is 0 Å². The van der Waals surface area contributed by atoms with E-state index in [1.807, 2.05) is 0 Å². The van der Waals surface area contributed by atoms with Crippen molar-refractivity contribution in [2.45, 2.75) is 45.4 Å². The zero-order chi connectivity index (χ0) is 19.7. The van der Waals surface area contributed by atoms with Gasteiger partial charge in [-0.1, -0.05) is 12.1 Å². The molecule has 0 unspecified atom stereocenters. The second-order valence-electron chi connectivity index (χ2n) is 7.15. The lowest BCUT2D eigenvalue weighted by molar-refractivity contribution is -0.135. The Morgan fingerprint density at radius 1 is 1.27 bits per heavy atom. The number of ether oxygens (including phenoxy) is 1. The number of alkyl halides is 2. The van der Waals surface area contributed by atoms with Crippen molar-refractivity contribution in [3.8, 4) is 5.75 Å². The molecule has 0 aromatic heterocycles. The molecule has 4 amide bonds. The van der Waals surface area contributed by atoms with Crippen LogP contribution in [-0.4, -0.2) is 41.4 Å². The van der Waals surface area contributed by atoms with Gasteiger partial charge in [0.05, 0.1) is 0 Å². The highest BCUT2D eigenvalue weighted by atomic mass is 19.3. The summed E-state index contributed by atoms with van der Waals surface area (Å²) >= 11 is 0. The van der Waals surface area contributed by atoms with Gasteiger partial charge in [-0.05, 0) is 45.4 Å². The molecule has 142 valence electrons. The minimum Gasteiger partial charge on any atom is -0.435 e. The molecule has 0 aliphatic carbocycles. The highest BCUT2D eigenvalue weighted by molar-refractivity contribution is 6.09. The van der Waals surface area contributed by atoms with E-state index in [9.17, 15) is 23.2 Å². The van der Waals surface area contributed by atoms with E-state index in [1.165, 1.54) is 31.2 Å². The minimum atomic E-state index is -2.96. The van der Waals surface area contributed by atoms with Crippen LogP contribution in [0, 0.1) is 0 Å². The summed E-state index contributed by atoms with van der Waals surface area (Å²) in [6.07, 6.45) is 0. The van der Waals surface area contributed by atoms with Gasteiger partial charge < -0.3 is 15.4 Å². The first-order chi connectivity index (χ1) is 11.9. The van der Waals surface area contributed by atoms with Crippen molar-refractivity contribution in [2.75, 3.05) is 6.54 Å². The lowest BCUT2D eigenvalue weighted by Gasteiger charge is -2.24. The van der Waals surface area contributed by atoms with Crippen molar-refractivity contribution < 1.29 is 27.9 Å². The summed E-state index contributed by atoms with van der Waals surface area (Å²) in [4.78, 5) is 37.7. The summed E-state index contributed by atoms with van der Waals surface area (Å²) in [5.74, 6) is -1.13. The second-order valence-corrected chi connectivity index (χ2v) is 7.15. The van der Waals surface area contributed by atoms with Crippen molar-refractivity contribution >= 4 is 17.8 Å². The first-order valence-corrected chi connectivity index (χ1v) is 7.93. The van der Waals surface area contributed by atoms with E-state index in [-0.39, 0.29) is 5.75 Å². The van der Waals surface area contributed by atoms with Crippen LogP contribution < -0.4 is 15.4 Å². The topological polar surface area (TPSA) is 87.7 Å². The van der Waals surface area contributed by atoms with Crippen molar-refractivity contribution in [1.29, 1.82) is 0 Å². The van der Waals surface area contributed by atoms with Crippen molar-refractivity contribution in [1.82, 2.24) is 15.5 Å². The van der Waals surface area contributed by atoms with Crippen LogP contribution in [0.1, 0.15) is 33.3 Å². The quantitative estimate of drug-likeness (QED) is 0.777. The largest absolute Gasteiger partial charge is 0.435 e. The maximum absolute atomic E-state index is 12.7. The number of imide groups is 1. The fourth-order valence-electron chi connectivity index (χ4n) is 2.61. The maximum Gasteiger partial charge on any atom is 0.387 e. The van der Waals surface area contributed by atoms with Crippen LogP contribution in [0.2, 0.25) is 0 Å². The number of carbonyl (C=O) groups is 3. The summed E-state index contributed by atoms with van der Waals surface area (Å²) < 4.78 is 28.7. The van der Waals surface area contributed by atoms with Gasteiger partial charge >= 0.3 is 12.6 Å². The smallest absolute Gasteiger partial charge is 0.387 e. The molecule has 7 nitrogen and oxygen atoms in total. The van der Waals surface area contributed by atoms with Gasteiger partial charge in [-0.3, -0.25) is 14.5 Å². The van der Waals surface area contributed by atoms with Crippen LogP contribution in [0.15, 0.2) is 24.3 Å². The van der Waals surface area contributed by atoms with Gasteiger partial charge in [0.25, 0.3) is 5.91 Å². The summed E-state index contributed by atoms with van der Waals surface area (Å²) in [5, 5.41) is 5.22. The number of nitrogens with zero attached hydrogens (tertiary/aromatic N) is 1. The second kappa shape index (κ2) is 6.89. The van der Waals surface area contributed by atoms with Crippen LogP contribution in [0.3, 0.4) is 0 Å². The highest BCUT2D eigenvalue weighted by Gasteiger charge is 2.49. The van der Waals surface area contributed by atoms with Crippen molar-refractivity contribution in [3.05, 3.63) is 29.8 Å². The monoisotopic (exact) mass is 369 g/mol. The normalized spacial score (nSPS) is 20.3.